The van der Waals surface area contributed by atoms with Crippen LogP contribution in [0.2, 0.25) is 0 Å². The lowest BCUT2D eigenvalue weighted by molar-refractivity contribution is -0.130. The fourth-order valence-electron chi connectivity index (χ4n) is 10.1. The van der Waals surface area contributed by atoms with Gasteiger partial charge in [-0.2, -0.15) is 8.42 Å². The van der Waals surface area contributed by atoms with Gasteiger partial charge < -0.3 is 10.4 Å². The first kappa shape index (κ1) is 29.3. The predicted octanol–water partition coefficient (Wildman–Crippen LogP) is 5.84. The first-order valence-electron chi connectivity index (χ1n) is 15.2. The molecule has 4 aliphatic rings. The molecule has 0 bridgehead atoms. The SMILES string of the molecule is CC(C)CC(CS(=O)(=O)O)NC(=O)CCC(C)C1CCC2C3CCC4CC(O)CCC4(C)C3CCC12C. The van der Waals surface area contributed by atoms with E-state index < -0.39 is 21.9 Å². The number of amides is 1. The maximum absolute atomic E-state index is 12.8. The van der Waals surface area contributed by atoms with E-state index in [1.54, 1.807) is 0 Å². The van der Waals surface area contributed by atoms with Gasteiger partial charge in [0.15, 0.2) is 0 Å². The fraction of sp³-hybridized carbons (Fsp3) is 0.967. The maximum atomic E-state index is 12.8. The van der Waals surface area contributed by atoms with Crippen molar-refractivity contribution in [1.29, 1.82) is 0 Å². The number of hydrogen-bond acceptors (Lipinski definition) is 4. The van der Waals surface area contributed by atoms with Crippen LogP contribution in [0.25, 0.3) is 0 Å². The second-order valence-corrected chi connectivity index (χ2v) is 16.0. The van der Waals surface area contributed by atoms with Gasteiger partial charge in [0.25, 0.3) is 10.1 Å². The van der Waals surface area contributed by atoms with Crippen LogP contribution in [-0.4, -0.2) is 41.9 Å². The van der Waals surface area contributed by atoms with Crippen LogP contribution in [0, 0.1) is 52.3 Å². The Morgan fingerprint density at radius 3 is 2.32 bits per heavy atom. The highest BCUT2D eigenvalue weighted by Gasteiger charge is 2.60. The number of nitrogens with one attached hydrogen (secondary N) is 1. The summed E-state index contributed by atoms with van der Waals surface area (Å²) in [6, 6.07) is -0.543. The van der Waals surface area contributed by atoms with E-state index in [-0.39, 0.29) is 17.9 Å². The minimum atomic E-state index is -4.13. The second-order valence-electron chi connectivity index (χ2n) is 14.5. The topological polar surface area (TPSA) is 104 Å². The molecule has 0 saturated heterocycles. The van der Waals surface area contributed by atoms with Gasteiger partial charge in [-0.3, -0.25) is 9.35 Å². The molecule has 0 heterocycles. The lowest BCUT2D eigenvalue weighted by Crippen LogP contribution is -2.54. The molecule has 4 saturated carbocycles. The summed E-state index contributed by atoms with van der Waals surface area (Å²) in [7, 11) is -4.13. The van der Waals surface area contributed by atoms with Crippen LogP contribution in [0.15, 0.2) is 0 Å². The molecule has 7 heteroatoms. The highest BCUT2D eigenvalue weighted by Crippen LogP contribution is 2.68. The molecular formula is C30H53NO5S. The number of hydrogen-bond donors (Lipinski definition) is 3. The van der Waals surface area contributed by atoms with Gasteiger partial charge in [-0.1, -0.05) is 34.6 Å². The van der Waals surface area contributed by atoms with Crippen LogP contribution in [0.1, 0.15) is 112 Å². The summed E-state index contributed by atoms with van der Waals surface area (Å²) in [6.45, 7) is 11.4. The molecule has 0 aromatic rings. The zero-order valence-electron chi connectivity index (χ0n) is 23.9. The Balaban J connectivity index is 1.35. The molecule has 214 valence electrons. The average molecular weight is 540 g/mol. The molecule has 0 spiro atoms. The van der Waals surface area contributed by atoms with Gasteiger partial charge >= 0.3 is 0 Å². The number of aliphatic hydroxyl groups is 1. The van der Waals surface area contributed by atoms with Crippen LogP contribution in [0.4, 0.5) is 0 Å². The summed E-state index contributed by atoms with van der Waals surface area (Å²) >= 11 is 0. The van der Waals surface area contributed by atoms with Gasteiger partial charge in [-0.05, 0) is 123 Å². The normalized spacial score (nSPS) is 41.4. The maximum Gasteiger partial charge on any atom is 0.266 e. The van der Waals surface area contributed by atoms with Gasteiger partial charge in [0, 0.05) is 12.5 Å². The molecule has 4 aliphatic carbocycles. The molecule has 10 atom stereocenters. The largest absolute Gasteiger partial charge is 0.393 e. The minimum absolute atomic E-state index is 0.0916. The van der Waals surface area contributed by atoms with Crippen molar-refractivity contribution in [3.05, 3.63) is 0 Å². The molecule has 1 amide bonds. The van der Waals surface area contributed by atoms with E-state index in [2.05, 4.69) is 26.1 Å². The molecule has 0 aliphatic heterocycles. The van der Waals surface area contributed by atoms with Crippen molar-refractivity contribution in [2.24, 2.45) is 52.3 Å². The van der Waals surface area contributed by atoms with Gasteiger partial charge in [0.05, 0.1) is 11.9 Å². The summed E-state index contributed by atoms with van der Waals surface area (Å²) < 4.78 is 32.1. The molecule has 3 N–H and O–H groups in total. The molecular weight excluding hydrogens is 486 g/mol. The van der Waals surface area contributed by atoms with E-state index in [0.717, 1.165) is 37.0 Å². The molecule has 0 aromatic carbocycles. The Morgan fingerprint density at radius 2 is 1.65 bits per heavy atom. The number of rotatable bonds is 9. The summed E-state index contributed by atoms with van der Waals surface area (Å²) in [5, 5.41) is 13.2. The zero-order chi connectivity index (χ0) is 27.2. The first-order chi connectivity index (χ1) is 17.2. The standard InChI is InChI=1S/C30H53NO5S/c1-19(2)16-22(18-37(34,35)36)31-28(33)11-6-20(3)25-9-10-26-24-8-7-21-17-23(32)12-14-29(21,4)27(24)13-15-30(25,26)5/h19-27,32H,6-18H2,1-5H3,(H,31,33)(H,34,35,36). The Hall–Kier alpha value is -0.660. The van der Waals surface area contributed by atoms with E-state index in [1.807, 2.05) is 13.8 Å². The first-order valence-corrected chi connectivity index (χ1v) is 16.8. The third-order valence-corrected chi connectivity index (χ3v) is 12.6. The summed E-state index contributed by atoms with van der Waals surface area (Å²) in [4.78, 5) is 12.8. The Bertz CT molecular complexity index is 921. The number of fused-ring (bicyclic) bond motifs is 5. The Morgan fingerprint density at radius 1 is 0.973 bits per heavy atom. The molecule has 4 fully saturated rings. The fourth-order valence-corrected chi connectivity index (χ4v) is 10.8. The van der Waals surface area contributed by atoms with E-state index in [9.17, 15) is 22.9 Å². The van der Waals surface area contributed by atoms with Crippen LogP contribution in [0.3, 0.4) is 0 Å². The highest BCUT2D eigenvalue weighted by molar-refractivity contribution is 7.85. The third kappa shape index (κ3) is 6.24. The zero-order valence-corrected chi connectivity index (χ0v) is 24.7. The molecule has 10 unspecified atom stereocenters. The Labute approximate surface area is 225 Å². The van der Waals surface area contributed by atoms with E-state index in [4.69, 9.17) is 0 Å². The second kappa shape index (κ2) is 11.1. The van der Waals surface area contributed by atoms with E-state index in [0.29, 0.717) is 41.4 Å². The van der Waals surface area contributed by atoms with Gasteiger partial charge in [-0.25, -0.2) is 0 Å². The molecule has 37 heavy (non-hydrogen) atoms. The van der Waals surface area contributed by atoms with Crippen molar-refractivity contribution in [2.45, 2.75) is 124 Å². The van der Waals surface area contributed by atoms with E-state index >= 15 is 0 Å². The quantitative estimate of drug-likeness (QED) is 0.319. The van der Waals surface area contributed by atoms with Crippen LogP contribution >= 0.6 is 0 Å². The molecule has 6 nitrogen and oxygen atoms in total. The summed E-state index contributed by atoms with van der Waals surface area (Å²) in [6.07, 6.45) is 12.6. The van der Waals surface area contributed by atoms with Gasteiger partial charge in [0.2, 0.25) is 5.91 Å². The van der Waals surface area contributed by atoms with Gasteiger partial charge in [-0.15, -0.1) is 0 Å². The number of carbonyl (C=O) groups excluding carboxylic acids is 1. The average Bonchev–Trinajstić information content (AvgIpc) is 3.13. The summed E-state index contributed by atoms with van der Waals surface area (Å²) in [5.41, 5.74) is 0.749. The molecule has 4 rings (SSSR count). The van der Waals surface area contributed by atoms with Crippen molar-refractivity contribution in [3.63, 3.8) is 0 Å². The monoisotopic (exact) mass is 539 g/mol. The van der Waals surface area contributed by atoms with E-state index in [1.165, 1.54) is 44.9 Å². The van der Waals surface area contributed by atoms with Crippen LogP contribution in [-0.2, 0) is 14.9 Å². The predicted molar refractivity (Wildman–Crippen MR) is 147 cm³/mol. The lowest BCUT2D eigenvalue weighted by Gasteiger charge is -2.61. The van der Waals surface area contributed by atoms with Crippen molar-refractivity contribution < 1.29 is 22.9 Å². The third-order valence-electron chi connectivity index (χ3n) is 11.8. The van der Waals surface area contributed by atoms with Crippen molar-refractivity contribution in [1.82, 2.24) is 5.32 Å². The smallest absolute Gasteiger partial charge is 0.266 e. The van der Waals surface area contributed by atoms with Gasteiger partial charge in [0.1, 0.15) is 0 Å². The molecule has 0 radical (unpaired) electrons. The number of carbonyl (C=O) groups is 1. The van der Waals surface area contributed by atoms with Crippen LogP contribution in [0.5, 0.6) is 0 Å². The van der Waals surface area contributed by atoms with Crippen molar-refractivity contribution >= 4 is 16.0 Å². The Kier molecular flexibility index (Phi) is 8.78. The lowest BCUT2D eigenvalue weighted by atomic mass is 9.44. The van der Waals surface area contributed by atoms with Crippen molar-refractivity contribution in [3.8, 4) is 0 Å². The highest BCUT2D eigenvalue weighted by atomic mass is 32.2. The van der Waals surface area contributed by atoms with Crippen LogP contribution < -0.4 is 5.32 Å². The molecule has 0 aromatic heterocycles. The minimum Gasteiger partial charge on any atom is -0.393 e. The van der Waals surface area contributed by atoms with Crippen molar-refractivity contribution in [2.75, 3.05) is 5.75 Å². The summed E-state index contributed by atoms with van der Waals surface area (Å²) in [5.74, 6) is 3.89. The number of aliphatic hydroxyl groups excluding tert-OH is 1.